The number of carbonyl (C=O) groups excluding carboxylic acids is 3. The lowest BCUT2D eigenvalue weighted by Crippen LogP contribution is -2.30. The smallest absolute Gasteiger partial charge is 0.306 e. The minimum atomic E-state index is -0.832. The fourth-order valence-electron chi connectivity index (χ4n) is 7.04. The predicted molar refractivity (Wildman–Crippen MR) is 306 cm³/mol. The molecular formula is C65H102O6. The standard InChI is InChI=1S/C65H102O6/c1-4-7-10-13-16-19-22-25-28-30-32-34-37-40-43-46-49-52-55-58-64(67)70-61-62(60-69-63(66)57-54-51-48-45-42-39-36-27-24-21-18-15-12-9-6-3)71-65(68)59-56-53-50-47-44-41-38-35-33-31-29-26-23-20-17-14-11-8-5-2/h7,10,16-21,25-29,32-36,40-45,62H,4-6,8-9,11-15,22-24,30-31,37-39,46-61H2,1-3H3/b10-7-,19-16-,20-17-,21-18-,28-25-,29-26-,34-32-,35-33-,36-27-,43-40-,44-41-,45-42-/t62-/m0/s1. The van der Waals surface area contributed by atoms with Gasteiger partial charge in [0.1, 0.15) is 13.2 Å². The number of hydrogen-bond donors (Lipinski definition) is 0. The summed E-state index contributed by atoms with van der Waals surface area (Å²) in [7, 11) is 0. The van der Waals surface area contributed by atoms with Crippen molar-refractivity contribution in [1.82, 2.24) is 0 Å². The first-order valence-corrected chi connectivity index (χ1v) is 28.3. The van der Waals surface area contributed by atoms with E-state index in [4.69, 9.17) is 14.2 Å². The molecule has 0 unspecified atom stereocenters. The van der Waals surface area contributed by atoms with E-state index in [0.29, 0.717) is 19.3 Å². The average molecular weight is 980 g/mol. The molecule has 0 aliphatic carbocycles. The van der Waals surface area contributed by atoms with Crippen LogP contribution in [0.5, 0.6) is 0 Å². The molecule has 0 bridgehead atoms. The van der Waals surface area contributed by atoms with Crippen LogP contribution in [0.15, 0.2) is 146 Å². The van der Waals surface area contributed by atoms with Crippen LogP contribution in [0.4, 0.5) is 0 Å². The Bertz CT molecular complexity index is 1590. The molecular weight excluding hydrogens is 877 g/mol. The summed E-state index contributed by atoms with van der Waals surface area (Å²) in [6.07, 6.45) is 82.6. The molecule has 0 spiro atoms. The van der Waals surface area contributed by atoms with Crippen molar-refractivity contribution in [2.24, 2.45) is 0 Å². The van der Waals surface area contributed by atoms with Crippen molar-refractivity contribution in [3.63, 3.8) is 0 Å². The third-order valence-corrected chi connectivity index (χ3v) is 11.3. The molecule has 0 saturated carbocycles. The van der Waals surface area contributed by atoms with Crippen molar-refractivity contribution in [3.8, 4) is 0 Å². The van der Waals surface area contributed by atoms with Crippen molar-refractivity contribution < 1.29 is 28.6 Å². The van der Waals surface area contributed by atoms with Gasteiger partial charge in [0.05, 0.1) is 0 Å². The number of rotatable bonds is 49. The molecule has 0 rings (SSSR count). The highest BCUT2D eigenvalue weighted by atomic mass is 16.6. The van der Waals surface area contributed by atoms with E-state index in [1.54, 1.807) is 0 Å². The number of hydrogen-bond acceptors (Lipinski definition) is 6. The molecule has 0 amide bonds. The summed E-state index contributed by atoms with van der Waals surface area (Å²) in [5.41, 5.74) is 0. The molecule has 0 aromatic carbocycles. The molecule has 0 radical (unpaired) electrons. The van der Waals surface area contributed by atoms with E-state index in [1.165, 1.54) is 51.4 Å². The van der Waals surface area contributed by atoms with Gasteiger partial charge in [0.2, 0.25) is 0 Å². The number of ether oxygens (including phenoxy) is 3. The summed E-state index contributed by atoms with van der Waals surface area (Å²) < 4.78 is 16.8. The van der Waals surface area contributed by atoms with E-state index >= 15 is 0 Å². The lowest BCUT2D eigenvalue weighted by molar-refractivity contribution is -0.167. The summed E-state index contributed by atoms with van der Waals surface area (Å²) >= 11 is 0. The molecule has 0 aromatic heterocycles. The molecule has 0 fully saturated rings. The van der Waals surface area contributed by atoms with E-state index in [-0.39, 0.29) is 44.0 Å². The van der Waals surface area contributed by atoms with Crippen LogP contribution in [0.1, 0.15) is 226 Å². The summed E-state index contributed by atoms with van der Waals surface area (Å²) in [5.74, 6) is -1.03. The summed E-state index contributed by atoms with van der Waals surface area (Å²) in [6, 6.07) is 0. The minimum Gasteiger partial charge on any atom is -0.462 e. The van der Waals surface area contributed by atoms with Gasteiger partial charge in [0.15, 0.2) is 6.10 Å². The van der Waals surface area contributed by atoms with Gasteiger partial charge in [-0.2, -0.15) is 0 Å². The maximum atomic E-state index is 12.9. The zero-order chi connectivity index (χ0) is 51.4. The highest BCUT2D eigenvalue weighted by Gasteiger charge is 2.19. The summed E-state index contributed by atoms with van der Waals surface area (Å²) in [4.78, 5) is 38.1. The third kappa shape index (κ3) is 56.1. The second kappa shape index (κ2) is 57.9. The number of esters is 3. The lowest BCUT2D eigenvalue weighted by Gasteiger charge is -2.18. The second-order valence-electron chi connectivity index (χ2n) is 18.1. The van der Waals surface area contributed by atoms with Gasteiger partial charge in [-0.3, -0.25) is 14.4 Å². The van der Waals surface area contributed by atoms with Crippen LogP contribution in [0.3, 0.4) is 0 Å². The van der Waals surface area contributed by atoms with Crippen molar-refractivity contribution >= 4 is 17.9 Å². The van der Waals surface area contributed by atoms with Crippen molar-refractivity contribution in [3.05, 3.63) is 146 Å². The molecule has 1 atom stereocenters. The van der Waals surface area contributed by atoms with E-state index in [0.717, 1.165) is 122 Å². The van der Waals surface area contributed by atoms with Gasteiger partial charge in [-0.25, -0.2) is 0 Å². The van der Waals surface area contributed by atoms with Gasteiger partial charge < -0.3 is 14.2 Å². The Hall–Kier alpha value is -4.71. The van der Waals surface area contributed by atoms with Gasteiger partial charge in [-0.1, -0.05) is 205 Å². The minimum absolute atomic E-state index is 0.127. The van der Waals surface area contributed by atoms with Gasteiger partial charge in [0.25, 0.3) is 0 Å². The van der Waals surface area contributed by atoms with Crippen LogP contribution >= 0.6 is 0 Å². The van der Waals surface area contributed by atoms with E-state index < -0.39 is 6.10 Å². The fourth-order valence-corrected chi connectivity index (χ4v) is 7.04. The third-order valence-electron chi connectivity index (χ3n) is 11.3. The molecule has 0 aliphatic heterocycles. The largest absolute Gasteiger partial charge is 0.462 e. The molecule has 6 heteroatoms. The predicted octanol–water partition coefficient (Wildman–Crippen LogP) is 19.2. The first-order chi connectivity index (χ1) is 35.0. The fraction of sp³-hybridized carbons (Fsp3) is 0.585. The van der Waals surface area contributed by atoms with Crippen LogP contribution in [0, 0.1) is 0 Å². The van der Waals surface area contributed by atoms with Crippen LogP contribution in [0.2, 0.25) is 0 Å². The topological polar surface area (TPSA) is 78.9 Å². The quantitative estimate of drug-likeness (QED) is 0.0262. The molecule has 71 heavy (non-hydrogen) atoms. The van der Waals surface area contributed by atoms with Crippen molar-refractivity contribution in [2.45, 2.75) is 232 Å². The van der Waals surface area contributed by atoms with Gasteiger partial charge in [-0.05, 0) is 148 Å². The van der Waals surface area contributed by atoms with Gasteiger partial charge >= 0.3 is 17.9 Å². The summed E-state index contributed by atoms with van der Waals surface area (Å²) in [6.45, 7) is 6.36. The Balaban J connectivity index is 4.60. The maximum absolute atomic E-state index is 12.9. The molecule has 0 N–H and O–H groups in total. The van der Waals surface area contributed by atoms with Crippen LogP contribution in [0.25, 0.3) is 0 Å². The molecule has 6 nitrogen and oxygen atoms in total. The zero-order valence-electron chi connectivity index (χ0n) is 45.4. The normalized spacial score (nSPS) is 13.2. The molecule has 0 aromatic rings. The highest BCUT2D eigenvalue weighted by Crippen LogP contribution is 2.11. The zero-order valence-corrected chi connectivity index (χ0v) is 45.4. The average Bonchev–Trinajstić information content (AvgIpc) is 3.37. The van der Waals surface area contributed by atoms with E-state index in [1.807, 2.05) is 0 Å². The number of carbonyl (C=O) groups is 3. The van der Waals surface area contributed by atoms with E-state index in [9.17, 15) is 14.4 Å². The monoisotopic (exact) mass is 979 g/mol. The molecule has 0 aliphatic rings. The highest BCUT2D eigenvalue weighted by molar-refractivity contribution is 5.71. The van der Waals surface area contributed by atoms with Crippen LogP contribution in [-0.2, 0) is 28.6 Å². The Kier molecular flexibility index (Phi) is 54.0. The molecule has 0 saturated heterocycles. The Labute approximate surface area is 436 Å². The maximum Gasteiger partial charge on any atom is 0.306 e. The SMILES string of the molecule is CC/C=C\C/C=C\C/C=C\C/C=C\C/C=C\CCCCCC(=O)OC[C@H](COC(=O)CCCC/C=C\C/C=C\C/C=C\CCCCC)OC(=O)CCCCC/C=C\C/C=C\C/C=C\C/C=C\CCCCC. The van der Waals surface area contributed by atoms with E-state index in [2.05, 4.69) is 167 Å². The van der Waals surface area contributed by atoms with Gasteiger partial charge in [0, 0.05) is 19.3 Å². The Morgan fingerprint density at radius 3 is 0.859 bits per heavy atom. The Morgan fingerprint density at radius 2 is 0.549 bits per heavy atom. The number of unbranched alkanes of at least 4 members (excludes halogenated alkanes) is 14. The van der Waals surface area contributed by atoms with Crippen molar-refractivity contribution in [2.75, 3.05) is 13.2 Å². The first-order valence-electron chi connectivity index (χ1n) is 28.3. The Morgan fingerprint density at radius 1 is 0.296 bits per heavy atom. The van der Waals surface area contributed by atoms with Gasteiger partial charge in [-0.15, -0.1) is 0 Å². The summed E-state index contributed by atoms with van der Waals surface area (Å²) in [5, 5.41) is 0. The van der Waals surface area contributed by atoms with Crippen LogP contribution < -0.4 is 0 Å². The number of allylic oxidation sites excluding steroid dienone is 24. The van der Waals surface area contributed by atoms with Crippen molar-refractivity contribution in [1.29, 1.82) is 0 Å². The second-order valence-corrected chi connectivity index (χ2v) is 18.1. The first kappa shape index (κ1) is 66.3. The lowest BCUT2D eigenvalue weighted by atomic mass is 10.1. The molecule has 398 valence electrons. The van der Waals surface area contributed by atoms with Crippen LogP contribution in [-0.4, -0.2) is 37.2 Å². The molecule has 0 heterocycles.